The second-order valence-electron chi connectivity index (χ2n) is 15.5. The number of anilines is 5. The number of allylic oxidation sites excluding steroid dienone is 1. The Morgan fingerprint density at radius 3 is 2.47 bits per heavy atom. The van der Waals surface area contributed by atoms with Crippen LogP contribution in [0.2, 0.25) is 5.02 Å². The van der Waals surface area contributed by atoms with E-state index in [1.807, 2.05) is 19.1 Å². The molecule has 2 aliphatic rings. The fraction of sp³-hybridized carbons (Fsp3) is 0.378. The van der Waals surface area contributed by atoms with Gasteiger partial charge in [-0.05, 0) is 87.6 Å². The van der Waals surface area contributed by atoms with Crippen molar-refractivity contribution in [3.63, 3.8) is 0 Å². The molecular formula is C45H53ClN8O9S. The number of rotatable bonds is 21. The molecule has 1 atom stereocenters. The fourth-order valence-electron chi connectivity index (χ4n) is 7.19. The van der Waals surface area contributed by atoms with Gasteiger partial charge in [0.1, 0.15) is 16.8 Å². The summed E-state index contributed by atoms with van der Waals surface area (Å²) in [4.78, 5) is 63.6. The van der Waals surface area contributed by atoms with Gasteiger partial charge in [-0.2, -0.15) is 4.98 Å². The van der Waals surface area contributed by atoms with Gasteiger partial charge in [-0.15, -0.1) is 0 Å². The Labute approximate surface area is 377 Å². The first-order valence-electron chi connectivity index (χ1n) is 20.8. The minimum Gasteiger partial charge on any atom is -0.495 e. The van der Waals surface area contributed by atoms with E-state index in [2.05, 4.69) is 37.8 Å². The van der Waals surface area contributed by atoms with Crippen LogP contribution in [0.5, 0.6) is 5.75 Å². The van der Waals surface area contributed by atoms with Crippen molar-refractivity contribution in [1.29, 1.82) is 0 Å². The van der Waals surface area contributed by atoms with E-state index in [4.69, 9.17) is 25.8 Å². The van der Waals surface area contributed by atoms with Crippen molar-refractivity contribution in [3.8, 4) is 5.75 Å². The molecule has 17 nitrogen and oxygen atoms in total. The number of halogens is 1. The highest BCUT2D eigenvalue weighted by Gasteiger charge is 2.45. The molecule has 0 spiro atoms. The number of carbonyl (C=O) groups excluding carboxylic acids is 4. The van der Waals surface area contributed by atoms with E-state index in [0.29, 0.717) is 74.1 Å². The molecule has 3 aromatic carbocycles. The number of amides is 4. The lowest BCUT2D eigenvalue weighted by molar-refractivity contribution is -0.131. The van der Waals surface area contributed by atoms with Gasteiger partial charge in [0.05, 0.1) is 78.8 Å². The van der Waals surface area contributed by atoms with E-state index in [-0.39, 0.29) is 58.4 Å². The molecule has 3 heterocycles. The molecular weight excluding hydrogens is 864 g/mol. The second kappa shape index (κ2) is 21.1. The molecule has 19 heteroatoms. The first-order chi connectivity index (χ1) is 30.6. The maximum absolute atomic E-state index is 13.3. The molecule has 1 saturated heterocycles. The highest BCUT2D eigenvalue weighted by molar-refractivity contribution is 7.92. The summed E-state index contributed by atoms with van der Waals surface area (Å²) in [6.45, 7) is 10.9. The Morgan fingerprint density at radius 2 is 1.73 bits per heavy atom. The summed E-state index contributed by atoms with van der Waals surface area (Å²) in [6, 6.07) is 14.5. The molecule has 1 aromatic heterocycles. The summed E-state index contributed by atoms with van der Waals surface area (Å²) < 4.78 is 43.0. The smallest absolute Gasteiger partial charge is 0.264 e. The van der Waals surface area contributed by atoms with Crippen molar-refractivity contribution in [1.82, 2.24) is 25.1 Å². The summed E-state index contributed by atoms with van der Waals surface area (Å²) in [7, 11) is -0.297. The first-order valence-corrected chi connectivity index (χ1v) is 22.7. The number of fused-ring (bicyclic) bond motifs is 1. The Kier molecular flexibility index (Phi) is 15.6. The number of para-hydroxylation sites is 1. The quantitative estimate of drug-likeness (QED) is 0.0555. The van der Waals surface area contributed by atoms with Crippen LogP contribution >= 0.6 is 11.6 Å². The van der Waals surface area contributed by atoms with Crippen LogP contribution in [0.25, 0.3) is 0 Å². The van der Waals surface area contributed by atoms with Crippen LogP contribution in [-0.2, 0) is 35.3 Å². The standard InChI is InChI=1S/C45H53ClN8O9S/c1-27(2)64(59,60)38-13-8-7-11-33(38)50-41-32(46)26-48-45(52-41)51-35-24-28(3)30(25-37(35)61-6)16-19-53(5)39(55)17-20-62-22-23-63-21-18-47-34-12-9-10-31-40(34)44(58)54(43(31)57)36-15-14-29(4)49-42(36)56/h7-13,24-27,36,47H,4,14-23H2,1-3,5-6H3,(H,49,56)(H2,48,50,51,52). The van der Waals surface area contributed by atoms with Crippen LogP contribution in [0.15, 0.2) is 78.0 Å². The zero-order valence-electron chi connectivity index (χ0n) is 36.5. The van der Waals surface area contributed by atoms with Crippen molar-refractivity contribution < 1.29 is 41.8 Å². The minimum absolute atomic E-state index is 0.0710. The van der Waals surface area contributed by atoms with E-state index >= 15 is 0 Å². The molecule has 6 rings (SSSR count). The predicted octanol–water partition coefficient (Wildman–Crippen LogP) is 6.04. The van der Waals surface area contributed by atoms with E-state index in [0.717, 1.165) is 16.0 Å². The van der Waals surface area contributed by atoms with E-state index in [9.17, 15) is 27.6 Å². The van der Waals surface area contributed by atoms with Gasteiger partial charge in [-0.1, -0.05) is 36.4 Å². The average Bonchev–Trinajstić information content (AvgIpc) is 3.52. The number of nitrogens with one attached hydrogen (secondary N) is 4. The van der Waals surface area contributed by atoms with Crippen molar-refractivity contribution in [2.24, 2.45) is 0 Å². The first kappa shape index (κ1) is 47.4. The van der Waals surface area contributed by atoms with Crippen molar-refractivity contribution in [2.75, 3.05) is 69.6 Å². The number of sulfone groups is 1. The summed E-state index contributed by atoms with van der Waals surface area (Å²) in [5, 5.41) is 11.6. The fourth-order valence-corrected chi connectivity index (χ4v) is 8.53. The van der Waals surface area contributed by atoms with E-state index in [1.54, 1.807) is 69.3 Å². The molecule has 0 aliphatic carbocycles. The molecule has 1 fully saturated rings. The van der Waals surface area contributed by atoms with Gasteiger partial charge < -0.3 is 40.4 Å². The second-order valence-corrected chi connectivity index (χ2v) is 18.4. The number of benzene rings is 3. The molecule has 0 bridgehead atoms. The topological polar surface area (TPSA) is 210 Å². The Morgan fingerprint density at radius 1 is 1.00 bits per heavy atom. The summed E-state index contributed by atoms with van der Waals surface area (Å²) in [5.41, 5.74) is 4.40. The van der Waals surface area contributed by atoms with Crippen LogP contribution in [0.3, 0.4) is 0 Å². The summed E-state index contributed by atoms with van der Waals surface area (Å²) in [5.74, 6) is -0.541. The number of carbonyl (C=O) groups is 4. The third-order valence-electron chi connectivity index (χ3n) is 10.8. The third kappa shape index (κ3) is 11.0. The lowest BCUT2D eigenvalue weighted by Gasteiger charge is -2.29. The zero-order chi connectivity index (χ0) is 46.1. The van der Waals surface area contributed by atoms with Crippen LogP contribution in [0, 0.1) is 6.92 Å². The number of piperidine rings is 1. The average molecular weight is 917 g/mol. The lowest BCUT2D eigenvalue weighted by Crippen LogP contribution is -2.51. The molecule has 4 N–H and O–H groups in total. The Balaban J connectivity index is 0.913. The maximum Gasteiger partial charge on any atom is 0.264 e. The molecule has 64 heavy (non-hydrogen) atoms. The van der Waals surface area contributed by atoms with Crippen LogP contribution < -0.4 is 26.0 Å². The summed E-state index contributed by atoms with van der Waals surface area (Å²) in [6.07, 6.45) is 2.99. The van der Waals surface area contributed by atoms with Crippen molar-refractivity contribution in [3.05, 3.63) is 100 Å². The van der Waals surface area contributed by atoms with E-state index < -0.39 is 38.9 Å². The van der Waals surface area contributed by atoms with Gasteiger partial charge in [-0.25, -0.2) is 13.4 Å². The van der Waals surface area contributed by atoms with Crippen molar-refractivity contribution in [2.45, 2.75) is 62.6 Å². The molecule has 340 valence electrons. The van der Waals surface area contributed by atoms with Crippen LogP contribution in [0.1, 0.15) is 65.0 Å². The van der Waals surface area contributed by atoms with Gasteiger partial charge in [0.15, 0.2) is 15.7 Å². The molecule has 0 saturated carbocycles. The van der Waals surface area contributed by atoms with Crippen LogP contribution in [-0.4, -0.2) is 117 Å². The van der Waals surface area contributed by atoms with Crippen molar-refractivity contribution >= 4 is 73.9 Å². The highest BCUT2D eigenvalue weighted by atomic mass is 35.5. The lowest BCUT2D eigenvalue weighted by atomic mass is 10.0. The van der Waals surface area contributed by atoms with Gasteiger partial charge in [0.2, 0.25) is 17.8 Å². The monoisotopic (exact) mass is 916 g/mol. The highest BCUT2D eigenvalue weighted by Crippen LogP contribution is 2.35. The van der Waals surface area contributed by atoms with Gasteiger partial charge in [-0.3, -0.25) is 24.1 Å². The van der Waals surface area contributed by atoms with E-state index in [1.165, 1.54) is 12.3 Å². The minimum atomic E-state index is -3.59. The summed E-state index contributed by atoms with van der Waals surface area (Å²) >= 11 is 6.43. The molecule has 4 amide bonds. The molecule has 4 aromatic rings. The number of imide groups is 1. The zero-order valence-corrected chi connectivity index (χ0v) is 38.0. The number of ether oxygens (including phenoxy) is 3. The number of aromatic nitrogens is 2. The Hall–Kier alpha value is -6.08. The third-order valence-corrected chi connectivity index (χ3v) is 13.3. The molecule has 2 aliphatic heterocycles. The Bertz CT molecular complexity index is 2540. The predicted molar refractivity (Wildman–Crippen MR) is 243 cm³/mol. The number of methoxy groups -OCH3 is 1. The number of likely N-dealkylation sites (N-methyl/N-ethyl adjacent to an activating group) is 1. The number of hydrogen-bond acceptors (Lipinski definition) is 14. The largest absolute Gasteiger partial charge is 0.495 e. The normalized spacial score (nSPS) is 15.0. The maximum atomic E-state index is 13.3. The number of aryl methyl sites for hydroxylation is 1. The van der Waals surface area contributed by atoms with Gasteiger partial charge in [0, 0.05) is 31.5 Å². The SMILES string of the molecule is C=C1CCC(N2C(=O)c3cccc(NCCOCCOCCC(=O)N(C)CCc4cc(OC)c(Nc5ncc(Cl)c(Nc6ccccc6S(=O)(=O)C(C)C)n5)cc4C)c3C2=O)C(=O)N1. The van der Waals surface area contributed by atoms with Gasteiger partial charge in [0.25, 0.3) is 11.8 Å². The molecule has 1 unspecified atom stereocenters. The van der Waals surface area contributed by atoms with Crippen LogP contribution in [0.4, 0.5) is 28.8 Å². The molecule has 0 radical (unpaired) electrons. The number of hydrogen-bond donors (Lipinski definition) is 4. The number of nitrogens with zero attached hydrogens (tertiary/aromatic N) is 4. The van der Waals surface area contributed by atoms with Gasteiger partial charge >= 0.3 is 0 Å².